The molecule has 2 atom stereocenters. The van der Waals surface area contributed by atoms with E-state index in [1.807, 2.05) is 13.8 Å². The third kappa shape index (κ3) is 4.59. The Bertz CT molecular complexity index is 924. The van der Waals surface area contributed by atoms with Gasteiger partial charge in [-0.3, -0.25) is 9.59 Å². The van der Waals surface area contributed by atoms with Gasteiger partial charge in [-0.05, 0) is 49.2 Å². The first-order chi connectivity index (χ1) is 14.1. The quantitative estimate of drug-likeness (QED) is 0.511. The van der Waals surface area contributed by atoms with Crippen molar-refractivity contribution in [1.82, 2.24) is 9.80 Å². The summed E-state index contributed by atoms with van der Waals surface area (Å²) >= 11 is 0. The molecule has 30 heavy (non-hydrogen) atoms. The molecule has 2 rings (SSSR count). The fourth-order valence-electron chi connectivity index (χ4n) is 3.67. The Balaban J connectivity index is 2.80. The number of anilines is 4. The molecule has 0 aliphatic heterocycles. The molecule has 0 aromatic heterocycles. The standard InChI is InChI=1S/C22H32N6O2/c1-5-28(6-2)22(30)20(16-10-8-14(24)12-18(16)26)19(21(29)27(3)4)15-9-7-13(23)11-17(15)25/h7-12,19-20H,5-6,23-26H2,1-4H3. The van der Waals surface area contributed by atoms with Crippen LogP contribution in [0.15, 0.2) is 36.4 Å². The van der Waals surface area contributed by atoms with Gasteiger partial charge in [-0.1, -0.05) is 12.1 Å². The molecule has 0 saturated carbocycles. The van der Waals surface area contributed by atoms with Gasteiger partial charge in [0.25, 0.3) is 0 Å². The van der Waals surface area contributed by atoms with Gasteiger partial charge in [0, 0.05) is 49.9 Å². The van der Waals surface area contributed by atoms with Crippen LogP contribution < -0.4 is 22.9 Å². The zero-order valence-electron chi connectivity index (χ0n) is 18.1. The molecule has 8 heteroatoms. The van der Waals surface area contributed by atoms with E-state index in [0.717, 1.165) is 0 Å². The van der Waals surface area contributed by atoms with Crippen LogP contribution in [-0.4, -0.2) is 48.8 Å². The Morgan fingerprint density at radius 2 is 1.17 bits per heavy atom. The number of amides is 2. The van der Waals surface area contributed by atoms with Gasteiger partial charge in [-0.25, -0.2) is 0 Å². The predicted molar refractivity (Wildman–Crippen MR) is 123 cm³/mol. The van der Waals surface area contributed by atoms with Crippen LogP contribution in [0.4, 0.5) is 22.7 Å². The van der Waals surface area contributed by atoms with Crippen molar-refractivity contribution in [3.63, 3.8) is 0 Å². The fourth-order valence-corrected chi connectivity index (χ4v) is 3.67. The normalized spacial score (nSPS) is 12.8. The third-order valence-corrected chi connectivity index (χ3v) is 5.27. The van der Waals surface area contributed by atoms with Crippen molar-refractivity contribution in [3.05, 3.63) is 47.5 Å². The highest BCUT2D eigenvalue weighted by Gasteiger charge is 2.40. The first-order valence-corrected chi connectivity index (χ1v) is 9.92. The summed E-state index contributed by atoms with van der Waals surface area (Å²) in [5, 5.41) is 0. The van der Waals surface area contributed by atoms with Crippen molar-refractivity contribution in [2.45, 2.75) is 25.7 Å². The van der Waals surface area contributed by atoms with E-state index in [2.05, 4.69) is 0 Å². The lowest BCUT2D eigenvalue weighted by atomic mass is 9.78. The minimum absolute atomic E-state index is 0.201. The van der Waals surface area contributed by atoms with Gasteiger partial charge in [-0.15, -0.1) is 0 Å². The number of likely N-dealkylation sites (N-methyl/N-ethyl adjacent to an activating group) is 2. The summed E-state index contributed by atoms with van der Waals surface area (Å²) in [5.74, 6) is -2.20. The van der Waals surface area contributed by atoms with Crippen LogP contribution in [0.3, 0.4) is 0 Å². The second-order valence-corrected chi connectivity index (χ2v) is 7.48. The Kier molecular flexibility index (Phi) is 7.15. The number of nitrogens with two attached hydrogens (primary N) is 4. The van der Waals surface area contributed by atoms with Gasteiger partial charge in [0.15, 0.2) is 0 Å². The maximum Gasteiger partial charge on any atom is 0.231 e. The van der Waals surface area contributed by atoms with Crippen molar-refractivity contribution in [2.75, 3.05) is 50.1 Å². The van der Waals surface area contributed by atoms with E-state index in [4.69, 9.17) is 22.9 Å². The van der Waals surface area contributed by atoms with Crippen LogP contribution in [0.1, 0.15) is 36.8 Å². The highest BCUT2D eigenvalue weighted by atomic mass is 16.2. The fraction of sp³-hybridized carbons (Fsp3) is 0.364. The number of carbonyl (C=O) groups is 2. The van der Waals surface area contributed by atoms with E-state index < -0.39 is 11.8 Å². The SMILES string of the molecule is CCN(CC)C(=O)C(c1ccc(N)cc1N)C(C(=O)N(C)C)c1ccc(N)cc1N. The molecular weight excluding hydrogens is 380 g/mol. The molecule has 0 aliphatic carbocycles. The lowest BCUT2D eigenvalue weighted by Crippen LogP contribution is -2.42. The summed E-state index contributed by atoms with van der Waals surface area (Å²) in [7, 11) is 3.29. The molecule has 2 aromatic carbocycles. The maximum atomic E-state index is 13.7. The third-order valence-electron chi connectivity index (χ3n) is 5.27. The predicted octanol–water partition coefficient (Wildman–Crippen LogP) is 1.84. The monoisotopic (exact) mass is 412 g/mol. The van der Waals surface area contributed by atoms with Crippen LogP contribution in [-0.2, 0) is 9.59 Å². The van der Waals surface area contributed by atoms with Crippen LogP contribution >= 0.6 is 0 Å². The molecule has 0 aliphatic rings. The average molecular weight is 413 g/mol. The van der Waals surface area contributed by atoms with Crippen molar-refractivity contribution >= 4 is 34.6 Å². The largest absolute Gasteiger partial charge is 0.399 e. The van der Waals surface area contributed by atoms with Gasteiger partial charge >= 0.3 is 0 Å². The van der Waals surface area contributed by atoms with Gasteiger partial charge in [0.2, 0.25) is 11.8 Å². The summed E-state index contributed by atoms with van der Waals surface area (Å²) in [6.45, 7) is 4.79. The van der Waals surface area contributed by atoms with Crippen molar-refractivity contribution in [1.29, 1.82) is 0 Å². The molecule has 2 amide bonds. The summed E-state index contributed by atoms with van der Waals surface area (Å²) in [6.07, 6.45) is 0. The Hall–Kier alpha value is -3.42. The van der Waals surface area contributed by atoms with Gasteiger partial charge < -0.3 is 32.7 Å². The van der Waals surface area contributed by atoms with Crippen molar-refractivity contribution in [2.24, 2.45) is 0 Å². The molecule has 0 saturated heterocycles. The molecule has 2 unspecified atom stereocenters. The molecular formula is C22H32N6O2. The smallest absolute Gasteiger partial charge is 0.231 e. The highest BCUT2D eigenvalue weighted by molar-refractivity contribution is 5.96. The molecule has 0 bridgehead atoms. The average Bonchev–Trinajstić information content (AvgIpc) is 2.68. The van der Waals surface area contributed by atoms with Crippen molar-refractivity contribution < 1.29 is 9.59 Å². The van der Waals surface area contributed by atoms with E-state index >= 15 is 0 Å². The molecule has 2 aromatic rings. The summed E-state index contributed by atoms with van der Waals surface area (Å²) < 4.78 is 0. The lowest BCUT2D eigenvalue weighted by Gasteiger charge is -2.33. The van der Waals surface area contributed by atoms with Gasteiger partial charge in [0.05, 0.1) is 11.8 Å². The number of hydrogen-bond donors (Lipinski definition) is 4. The van der Waals surface area contributed by atoms with E-state index in [-0.39, 0.29) is 11.8 Å². The highest BCUT2D eigenvalue weighted by Crippen LogP contribution is 2.41. The Morgan fingerprint density at radius 1 is 0.767 bits per heavy atom. The number of nitrogen functional groups attached to an aromatic ring is 4. The number of benzene rings is 2. The Morgan fingerprint density at radius 3 is 1.50 bits per heavy atom. The van der Waals surface area contributed by atoms with E-state index in [9.17, 15) is 9.59 Å². The van der Waals surface area contributed by atoms with E-state index in [1.54, 1.807) is 55.4 Å². The number of rotatable bonds is 7. The number of carbonyl (C=O) groups excluding carboxylic acids is 2. The molecule has 8 nitrogen and oxygen atoms in total. The minimum Gasteiger partial charge on any atom is -0.399 e. The topological polar surface area (TPSA) is 145 Å². The van der Waals surface area contributed by atoms with E-state index in [0.29, 0.717) is 47.0 Å². The van der Waals surface area contributed by atoms with E-state index in [1.165, 1.54) is 4.90 Å². The van der Waals surface area contributed by atoms with Crippen LogP contribution in [0.25, 0.3) is 0 Å². The summed E-state index contributed by atoms with van der Waals surface area (Å²) in [4.78, 5) is 30.2. The van der Waals surface area contributed by atoms with Gasteiger partial charge in [-0.2, -0.15) is 0 Å². The molecule has 0 heterocycles. The molecule has 0 radical (unpaired) electrons. The van der Waals surface area contributed by atoms with Crippen LogP contribution in [0.2, 0.25) is 0 Å². The summed E-state index contributed by atoms with van der Waals surface area (Å²) in [6, 6.07) is 9.95. The zero-order valence-corrected chi connectivity index (χ0v) is 18.1. The van der Waals surface area contributed by atoms with Crippen LogP contribution in [0.5, 0.6) is 0 Å². The van der Waals surface area contributed by atoms with Crippen LogP contribution in [0, 0.1) is 0 Å². The first-order valence-electron chi connectivity index (χ1n) is 9.92. The maximum absolute atomic E-state index is 13.7. The minimum atomic E-state index is -0.875. The number of hydrogen-bond acceptors (Lipinski definition) is 6. The number of nitrogens with zero attached hydrogens (tertiary/aromatic N) is 2. The molecule has 162 valence electrons. The molecule has 8 N–H and O–H groups in total. The lowest BCUT2D eigenvalue weighted by molar-refractivity contribution is -0.138. The zero-order chi connectivity index (χ0) is 22.6. The molecule has 0 spiro atoms. The second-order valence-electron chi connectivity index (χ2n) is 7.48. The van der Waals surface area contributed by atoms with Gasteiger partial charge in [0.1, 0.15) is 0 Å². The summed E-state index contributed by atoms with van der Waals surface area (Å²) in [5.41, 5.74) is 27.0. The van der Waals surface area contributed by atoms with Crippen molar-refractivity contribution in [3.8, 4) is 0 Å². The Labute approximate surface area is 177 Å². The molecule has 0 fully saturated rings. The second kappa shape index (κ2) is 9.39. The first kappa shape index (κ1) is 22.9.